The van der Waals surface area contributed by atoms with E-state index in [-0.39, 0.29) is 0 Å². The number of nitriles is 1. The molecule has 0 spiro atoms. The zero-order valence-corrected chi connectivity index (χ0v) is 9.57. The van der Waals surface area contributed by atoms with Crippen molar-refractivity contribution in [3.05, 3.63) is 70.8 Å². The van der Waals surface area contributed by atoms with Crippen molar-refractivity contribution < 1.29 is 0 Å². The van der Waals surface area contributed by atoms with Crippen molar-refractivity contribution >= 4 is 0 Å². The van der Waals surface area contributed by atoms with Crippen LogP contribution >= 0.6 is 0 Å². The summed E-state index contributed by atoms with van der Waals surface area (Å²) in [6.07, 6.45) is 0. The minimum Gasteiger partial charge on any atom is -0.192 e. The maximum Gasteiger partial charge on any atom is 0.100 e. The molecule has 2 aromatic carbocycles. The highest BCUT2D eigenvalue weighted by Crippen LogP contribution is 2.09. The van der Waals surface area contributed by atoms with Crippen molar-refractivity contribution in [3.63, 3.8) is 0 Å². The topological polar surface area (TPSA) is 23.8 Å². The molecule has 0 saturated carbocycles. The Labute approximate surface area is 101 Å². The first-order valence-corrected chi connectivity index (χ1v) is 5.37. The lowest BCUT2D eigenvalue weighted by Crippen LogP contribution is -1.85. The summed E-state index contributed by atoms with van der Waals surface area (Å²) in [5.74, 6) is 6.11. The molecule has 0 aliphatic heterocycles. The monoisotopic (exact) mass is 217 g/mol. The number of nitrogens with zero attached hydrogens (tertiary/aromatic N) is 1. The third kappa shape index (κ3) is 2.74. The fourth-order valence-corrected chi connectivity index (χ4v) is 1.52. The van der Waals surface area contributed by atoms with Gasteiger partial charge < -0.3 is 0 Å². The fraction of sp³-hybridized carbons (Fsp3) is 0.0625. The Hall–Kier alpha value is -2.51. The zero-order chi connectivity index (χ0) is 12.1. The third-order valence-electron chi connectivity index (χ3n) is 2.41. The van der Waals surface area contributed by atoms with E-state index in [1.54, 1.807) is 0 Å². The molecule has 2 rings (SSSR count). The van der Waals surface area contributed by atoms with E-state index < -0.39 is 0 Å². The van der Waals surface area contributed by atoms with E-state index >= 15 is 0 Å². The number of benzene rings is 2. The molecule has 1 heteroatoms. The number of hydrogen-bond donors (Lipinski definition) is 0. The van der Waals surface area contributed by atoms with Crippen LogP contribution in [0, 0.1) is 30.1 Å². The molecule has 1 nitrogen and oxygen atoms in total. The highest BCUT2D eigenvalue weighted by molar-refractivity contribution is 5.52. The van der Waals surface area contributed by atoms with Crippen molar-refractivity contribution in [1.29, 1.82) is 5.26 Å². The second-order valence-electron chi connectivity index (χ2n) is 3.78. The van der Waals surface area contributed by atoms with Crippen LogP contribution in [0.5, 0.6) is 0 Å². The average molecular weight is 217 g/mol. The summed E-state index contributed by atoms with van der Waals surface area (Å²) in [5, 5.41) is 8.99. The lowest BCUT2D eigenvalue weighted by atomic mass is 10.1. The summed E-state index contributed by atoms with van der Waals surface area (Å²) in [5.41, 5.74) is 3.48. The van der Waals surface area contributed by atoms with Crippen LogP contribution in [0.3, 0.4) is 0 Å². The molecule has 0 fully saturated rings. The second-order valence-corrected chi connectivity index (χ2v) is 3.78. The predicted molar refractivity (Wildman–Crippen MR) is 68.3 cm³/mol. The molecule has 0 unspecified atom stereocenters. The van der Waals surface area contributed by atoms with Gasteiger partial charge in [-0.3, -0.25) is 0 Å². The second kappa shape index (κ2) is 5.01. The normalized spacial score (nSPS) is 8.94. The van der Waals surface area contributed by atoms with Gasteiger partial charge in [-0.2, -0.15) is 5.26 Å². The third-order valence-corrected chi connectivity index (χ3v) is 2.41. The van der Waals surface area contributed by atoms with Crippen LogP contribution < -0.4 is 0 Å². The molecule has 0 radical (unpaired) electrons. The first-order valence-electron chi connectivity index (χ1n) is 5.37. The van der Waals surface area contributed by atoms with Gasteiger partial charge >= 0.3 is 0 Å². The predicted octanol–water partition coefficient (Wildman–Crippen LogP) is 3.27. The van der Waals surface area contributed by atoms with Crippen molar-refractivity contribution in [2.45, 2.75) is 6.92 Å². The summed E-state index contributed by atoms with van der Waals surface area (Å²) in [7, 11) is 0. The van der Waals surface area contributed by atoms with E-state index in [4.69, 9.17) is 5.26 Å². The Morgan fingerprint density at radius 3 is 2.35 bits per heavy atom. The van der Waals surface area contributed by atoms with Crippen molar-refractivity contribution in [2.24, 2.45) is 0 Å². The van der Waals surface area contributed by atoms with Crippen LogP contribution in [0.15, 0.2) is 48.5 Å². The molecular weight excluding hydrogens is 206 g/mol. The lowest BCUT2D eigenvalue weighted by Gasteiger charge is -1.96. The van der Waals surface area contributed by atoms with Gasteiger partial charge in [0.05, 0.1) is 5.56 Å². The van der Waals surface area contributed by atoms with Crippen LogP contribution in [0.1, 0.15) is 22.3 Å². The van der Waals surface area contributed by atoms with E-state index in [0.29, 0.717) is 5.56 Å². The van der Waals surface area contributed by atoms with Gasteiger partial charge in [0.15, 0.2) is 0 Å². The largest absolute Gasteiger partial charge is 0.192 e. The van der Waals surface area contributed by atoms with Gasteiger partial charge in [-0.25, -0.2) is 0 Å². The molecule has 0 atom stereocenters. The van der Waals surface area contributed by atoms with Crippen LogP contribution in [0.4, 0.5) is 0 Å². The van der Waals surface area contributed by atoms with Gasteiger partial charge in [0.25, 0.3) is 0 Å². The van der Waals surface area contributed by atoms with E-state index in [9.17, 15) is 0 Å². The van der Waals surface area contributed by atoms with Gasteiger partial charge in [-0.15, -0.1) is 0 Å². The minimum absolute atomic E-state index is 0.624. The molecule has 0 bridgehead atoms. The molecule has 2 aromatic rings. The number of aryl methyl sites for hydroxylation is 1. The number of rotatable bonds is 0. The highest BCUT2D eigenvalue weighted by Gasteiger charge is 1.98. The van der Waals surface area contributed by atoms with Gasteiger partial charge in [-0.05, 0) is 36.8 Å². The molecule has 80 valence electrons. The summed E-state index contributed by atoms with van der Waals surface area (Å²) < 4.78 is 0. The Morgan fingerprint density at radius 2 is 1.65 bits per heavy atom. The molecule has 0 amide bonds. The van der Waals surface area contributed by atoms with E-state index in [0.717, 1.165) is 16.7 Å². The van der Waals surface area contributed by atoms with Gasteiger partial charge in [-0.1, -0.05) is 36.1 Å². The van der Waals surface area contributed by atoms with Crippen molar-refractivity contribution in [1.82, 2.24) is 0 Å². The smallest absolute Gasteiger partial charge is 0.100 e. The molecule has 0 aliphatic carbocycles. The molecule has 0 aliphatic rings. The van der Waals surface area contributed by atoms with Crippen LogP contribution in [-0.2, 0) is 0 Å². The van der Waals surface area contributed by atoms with Crippen molar-refractivity contribution in [3.8, 4) is 17.9 Å². The first kappa shape index (κ1) is 11.0. The Kier molecular flexibility index (Phi) is 3.24. The number of hydrogen-bond acceptors (Lipinski definition) is 1. The van der Waals surface area contributed by atoms with Crippen LogP contribution in [0.25, 0.3) is 0 Å². The average Bonchev–Trinajstić information content (AvgIpc) is 2.38. The van der Waals surface area contributed by atoms with Crippen LogP contribution in [0.2, 0.25) is 0 Å². The van der Waals surface area contributed by atoms with Crippen LogP contribution in [-0.4, -0.2) is 0 Å². The maximum absolute atomic E-state index is 8.99. The quantitative estimate of drug-likeness (QED) is 0.621. The highest BCUT2D eigenvalue weighted by atomic mass is 14.2. The Balaban J connectivity index is 2.41. The van der Waals surface area contributed by atoms with E-state index in [1.165, 1.54) is 0 Å². The summed E-state index contributed by atoms with van der Waals surface area (Å²) in [6.45, 7) is 1.99. The summed E-state index contributed by atoms with van der Waals surface area (Å²) in [4.78, 5) is 0. The standard InChI is InChI=1S/C16H11N/c1-13-7-9-16(12-17)15(11-13)10-8-14-5-3-2-4-6-14/h2-7,9,11H,1H3. The maximum atomic E-state index is 8.99. The first-order chi connectivity index (χ1) is 8.29. The van der Waals surface area contributed by atoms with Crippen molar-refractivity contribution in [2.75, 3.05) is 0 Å². The van der Waals surface area contributed by atoms with Gasteiger partial charge in [0, 0.05) is 11.1 Å². The molecule has 0 saturated heterocycles. The Morgan fingerprint density at radius 1 is 0.882 bits per heavy atom. The Bertz CT molecular complexity index is 622. The molecule has 0 N–H and O–H groups in total. The zero-order valence-electron chi connectivity index (χ0n) is 9.57. The SMILES string of the molecule is Cc1ccc(C#N)c(C#Cc2ccccc2)c1. The molecule has 0 heterocycles. The fourth-order valence-electron chi connectivity index (χ4n) is 1.52. The minimum atomic E-state index is 0.624. The van der Waals surface area contributed by atoms with Gasteiger partial charge in [0.2, 0.25) is 0 Å². The summed E-state index contributed by atoms with van der Waals surface area (Å²) >= 11 is 0. The van der Waals surface area contributed by atoms with E-state index in [1.807, 2.05) is 55.5 Å². The van der Waals surface area contributed by atoms with E-state index in [2.05, 4.69) is 17.9 Å². The molecule has 0 aromatic heterocycles. The molecule has 17 heavy (non-hydrogen) atoms. The van der Waals surface area contributed by atoms with Gasteiger partial charge in [0.1, 0.15) is 6.07 Å². The summed E-state index contributed by atoms with van der Waals surface area (Å²) in [6, 6.07) is 17.6. The molecular formula is C16H11N. The lowest BCUT2D eigenvalue weighted by molar-refractivity contribution is 1.41.